The maximum atomic E-state index is 13.8. The van der Waals surface area contributed by atoms with Crippen LogP contribution in [0.3, 0.4) is 0 Å². The van der Waals surface area contributed by atoms with Gasteiger partial charge in [0.1, 0.15) is 6.10 Å². The van der Waals surface area contributed by atoms with Crippen molar-refractivity contribution in [3.63, 3.8) is 0 Å². The van der Waals surface area contributed by atoms with Crippen molar-refractivity contribution in [2.24, 2.45) is 5.92 Å². The lowest BCUT2D eigenvalue weighted by molar-refractivity contribution is 0.127. The molecular formula is C14H19ClFNO. The van der Waals surface area contributed by atoms with Crippen molar-refractivity contribution in [1.29, 1.82) is 0 Å². The Morgan fingerprint density at radius 3 is 3.06 bits per heavy atom. The van der Waals surface area contributed by atoms with Gasteiger partial charge in [0.2, 0.25) is 0 Å². The van der Waals surface area contributed by atoms with E-state index >= 15 is 0 Å². The van der Waals surface area contributed by atoms with Gasteiger partial charge in [-0.1, -0.05) is 31.0 Å². The first-order valence-corrected chi connectivity index (χ1v) is 6.91. The SMILES string of the molecule is CCC[C@@H](Oc1cccc(Cl)c1F)[C@H]1CCNC1. The Kier molecular flexibility index (Phi) is 4.84. The molecule has 0 spiro atoms. The summed E-state index contributed by atoms with van der Waals surface area (Å²) in [7, 11) is 0. The van der Waals surface area contributed by atoms with E-state index in [2.05, 4.69) is 12.2 Å². The van der Waals surface area contributed by atoms with Gasteiger partial charge in [-0.05, 0) is 31.5 Å². The molecule has 2 rings (SSSR count). The highest BCUT2D eigenvalue weighted by Gasteiger charge is 2.26. The number of hydrogen-bond acceptors (Lipinski definition) is 2. The molecule has 0 radical (unpaired) electrons. The minimum Gasteiger partial charge on any atom is -0.487 e. The smallest absolute Gasteiger partial charge is 0.183 e. The number of ether oxygens (including phenoxy) is 1. The van der Waals surface area contributed by atoms with Crippen molar-refractivity contribution < 1.29 is 9.13 Å². The van der Waals surface area contributed by atoms with Crippen LogP contribution in [0.5, 0.6) is 5.75 Å². The van der Waals surface area contributed by atoms with Gasteiger partial charge in [0.25, 0.3) is 0 Å². The quantitative estimate of drug-likeness (QED) is 0.883. The topological polar surface area (TPSA) is 21.3 Å². The van der Waals surface area contributed by atoms with E-state index < -0.39 is 5.82 Å². The molecule has 1 aliphatic rings. The Balaban J connectivity index is 2.10. The Morgan fingerprint density at radius 1 is 1.56 bits per heavy atom. The van der Waals surface area contributed by atoms with Gasteiger partial charge in [0.05, 0.1) is 5.02 Å². The second-order valence-corrected chi connectivity index (χ2v) is 5.16. The summed E-state index contributed by atoms with van der Waals surface area (Å²) in [6.45, 7) is 4.09. The normalized spacial score (nSPS) is 20.9. The lowest BCUT2D eigenvalue weighted by atomic mass is 9.97. The van der Waals surface area contributed by atoms with Gasteiger partial charge in [-0.2, -0.15) is 0 Å². The fraction of sp³-hybridized carbons (Fsp3) is 0.571. The molecule has 1 aromatic carbocycles. The van der Waals surface area contributed by atoms with Crippen molar-refractivity contribution in [3.05, 3.63) is 29.0 Å². The molecule has 0 unspecified atom stereocenters. The molecule has 0 aliphatic carbocycles. The Bertz CT molecular complexity index is 393. The summed E-state index contributed by atoms with van der Waals surface area (Å²) in [5, 5.41) is 3.44. The summed E-state index contributed by atoms with van der Waals surface area (Å²) in [6, 6.07) is 4.90. The van der Waals surface area contributed by atoms with E-state index in [-0.39, 0.29) is 16.9 Å². The van der Waals surface area contributed by atoms with Crippen molar-refractivity contribution in [3.8, 4) is 5.75 Å². The summed E-state index contributed by atoms with van der Waals surface area (Å²) in [6.07, 6.45) is 3.13. The lowest BCUT2D eigenvalue weighted by Crippen LogP contribution is -2.29. The van der Waals surface area contributed by atoms with Crippen molar-refractivity contribution >= 4 is 11.6 Å². The third-order valence-corrected chi connectivity index (χ3v) is 3.68. The predicted octanol–water partition coefficient (Wildman–Crippen LogP) is 3.64. The van der Waals surface area contributed by atoms with Crippen LogP contribution in [0.25, 0.3) is 0 Å². The zero-order valence-electron chi connectivity index (χ0n) is 10.6. The van der Waals surface area contributed by atoms with E-state index in [9.17, 15) is 4.39 Å². The highest BCUT2D eigenvalue weighted by Crippen LogP contribution is 2.28. The second-order valence-electron chi connectivity index (χ2n) is 4.75. The van der Waals surface area contributed by atoms with E-state index in [0.717, 1.165) is 32.4 Å². The highest BCUT2D eigenvalue weighted by molar-refractivity contribution is 6.30. The molecule has 2 atom stereocenters. The van der Waals surface area contributed by atoms with Crippen LogP contribution < -0.4 is 10.1 Å². The van der Waals surface area contributed by atoms with Crippen LogP contribution in [0.1, 0.15) is 26.2 Å². The van der Waals surface area contributed by atoms with Crippen molar-refractivity contribution in [2.75, 3.05) is 13.1 Å². The van der Waals surface area contributed by atoms with Gasteiger partial charge in [-0.15, -0.1) is 0 Å². The summed E-state index contributed by atoms with van der Waals surface area (Å²) in [4.78, 5) is 0. The molecule has 2 nitrogen and oxygen atoms in total. The second kappa shape index (κ2) is 6.39. The predicted molar refractivity (Wildman–Crippen MR) is 71.7 cm³/mol. The van der Waals surface area contributed by atoms with Gasteiger partial charge in [0.15, 0.2) is 11.6 Å². The number of nitrogens with one attached hydrogen (secondary N) is 1. The van der Waals surface area contributed by atoms with Crippen LogP contribution in [0, 0.1) is 11.7 Å². The molecule has 0 bridgehead atoms. The molecule has 1 fully saturated rings. The molecule has 1 aliphatic heterocycles. The standard InChI is InChI=1S/C14H19ClFNO/c1-2-4-12(10-7-8-17-9-10)18-13-6-3-5-11(15)14(13)16/h3,5-6,10,12,17H,2,4,7-9H2,1H3/t10-,12+/m0/s1. The van der Waals surface area contributed by atoms with Gasteiger partial charge < -0.3 is 10.1 Å². The fourth-order valence-electron chi connectivity index (χ4n) is 2.41. The molecule has 4 heteroatoms. The van der Waals surface area contributed by atoms with E-state index in [1.54, 1.807) is 12.1 Å². The molecule has 18 heavy (non-hydrogen) atoms. The summed E-state index contributed by atoms with van der Waals surface area (Å²) in [5.74, 6) is 0.280. The third kappa shape index (κ3) is 3.15. The average molecular weight is 272 g/mol. The molecule has 1 aromatic rings. The van der Waals surface area contributed by atoms with E-state index in [1.807, 2.05) is 0 Å². The van der Waals surface area contributed by atoms with Crippen LogP contribution in [0.2, 0.25) is 5.02 Å². The first-order chi connectivity index (χ1) is 8.72. The lowest BCUT2D eigenvalue weighted by Gasteiger charge is -2.24. The maximum Gasteiger partial charge on any atom is 0.183 e. The zero-order valence-corrected chi connectivity index (χ0v) is 11.3. The molecule has 0 aromatic heterocycles. The van der Waals surface area contributed by atoms with Gasteiger partial charge in [-0.25, -0.2) is 4.39 Å². The van der Waals surface area contributed by atoms with Crippen molar-refractivity contribution in [2.45, 2.75) is 32.3 Å². The van der Waals surface area contributed by atoms with E-state index in [1.165, 1.54) is 6.07 Å². The third-order valence-electron chi connectivity index (χ3n) is 3.39. The minimum atomic E-state index is -0.453. The number of halogens is 2. The van der Waals surface area contributed by atoms with Crippen LogP contribution in [-0.2, 0) is 0 Å². The minimum absolute atomic E-state index is 0.0676. The number of rotatable bonds is 5. The average Bonchev–Trinajstić information content (AvgIpc) is 2.88. The summed E-state index contributed by atoms with van der Waals surface area (Å²) >= 11 is 5.77. The Morgan fingerprint density at radius 2 is 2.39 bits per heavy atom. The molecule has 1 heterocycles. The highest BCUT2D eigenvalue weighted by atomic mass is 35.5. The Hall–Kier alpha value is -0.800. The molecule has 0 saturated carbocycles. The van der Waals surface area contributed by atoms with Crippen molar-refractivity contribution in [1.82, 2.24) is 5.32 Å². The van der Waals surface area contributed by atoms with Gasteiger partial charge >= 0.3 is 0 Å². The fourth-order valence-corrected chi connectivity index (χ4v) is 2.57. The Labute approximate surface area is 112 Å². The molecule has 1 saturated heterocycles. The van der Waals surface area contributed by atoms with Gasteiger partial charge in [-0.3, -0.25) is 0 Å². The number of benzene rings is 1. The monoisotopic (exact) mass is 271 g/mol. The molecular weight excluding hydrogens is 253 g/mol. The summed E-state index contributed by atoms with van der Waals surface area (Å²) in [5.41, 5.74) is 0. The van der Waals surface area contributed by atoms with Crippen LogP contribution in [-0.4, -0.2) is 19.2 Å². The molecule has 1 N–H and O–H groups in total. The van der Waals surface area contributed by atoms with Crippen LogP contribution in [0.4, 0.5) is 4.39 Å². The first-order valence-electron chi connectivity index (χ1n) is 6.53. The molecule has 0 amide bonds. The van der Waals surface area contributed by atoms with Gasteiger partial charge in [0, 0.05) is 12.5 Å². The number of hydrogen-bond donors (Lipinski definition) is 1. The largest absolute Gasteiger partial charge is 0.487 e. The first kappa shape index (κ1) is 13.6. The van der Waals surface area contributed by atoms with Crippen LogP contribution >= 0.6 is 11.6 Å². The van der Waals surface area contributed by atoms with E-state index in [4.69, 9.17) is 16.3 Å². The molecule has 100 valence electrons. The van der Waals surface area contributed by atoms with Crippen LogP contribution in [0.15, 0.2) is 18.2 Å². The maximum absolute atomic E-state index is 13.8. The summed E-state index contributed by atoms with van der Waals surface area (Å²) < 4.78 is 19.7. The van der Waals surface area contributed by atoms with E-state index in [0.29, 0.717) is 5.92 Å². The zero-order chi connectivity index (χ0) is 13.0.